The summed E-state index contributed by atoms with van der Waals surface area (Å²) >= 11 is 0. The molecule has 158 valence electrons. The van der Waals surface area contributed by atoms with Gasteiger partial charge in [-0.1, -0.05) is 0 Å². The van der Waals surface area contributed by atoms with Crippen LogP contribution in [0.25, 0.3) is 0 Å². The van der Waals surface area contributed by atoms with Crippen molar-refractivity contribution in [2.45, 2.75) is 26.8 Å². The second kappa shape index (κ2) is 10.2. The van der Waals surface area contributed by atoms with Gasteiger partial charge in [0, 0.05) is 31.9 Å². The summed E-state index contributed by atoms with van der Waals surface area (Å²) in [6, 6.07) is 6.93. The fraction of sp³-hybridized carbons (Fsp3) is 0.350. The van der Waals surface area contributed by atoms with Crippen LogP contribution in [0.3, 0.4) is 0 Å². The van der Waals surface area contributed by atoms with Crippen LogP contribution in [-0.4, -0.2) is 40.2 Å². The molecule has 0 spiro atoms. The Morgan fingerprint density at radius 1 is 1.33 bits per heavy atom. The van der Waals surface area contributed by atoms with Gasteiger partial charge < -0.3 is 14.6 Å². The van der Waals surface area contributed by atoms with Crippen molar-refractivity contribution in [1.29, 1.82) is 5.26 Å². The number of Topliss-reactive ketones (excluding diaryl/α,β-unsaturated/α-hetero) is 1. The highest BCUT2D eigenvalue weighted by atomic mass is 16.6. The Morgan fingerprint density at radius 2 is 2.00 bits per heavy atom. The van der Waals surface area contributed by atoms with E-state index in [-0.39, 0.29) is 34.7 Å². The number of hydrogen-bond donors (Lipinski definition) is 1. The van der Waals surface area contributed by atoms with Crippen molar-refractivity contribution < 1.29 is 24.3 Å². The molecule has 30 heavy (non-hydrogen) atoms. The van der Waals surface area contributed by atoms with Gasteiger partial charge >= 0.3 is 0 Å². The number of pyridine rings is 1. The minimum absolute atomic E-state index is 0.0679. The van der Waals surface area contributed by atoms with E-state index < -0.39 is 28.8 Å². The number of nitro groups is 1. The van der Waals surface area contributed by atoms with E-state index in [0.717, 1.165) is 4.57 Å². The van der Waals surface area contributed by atoms with Crippen LogP contribution in [0.1, 0.15) is 34.8 Å². The molecule has 0 aliphatic carbocycles. The predicted octanol–water partition coefficient (Wildman–Crippen LogP) is 2.33. The number of ether oxygens (including phenoxy) is 2. The Hall–Kier alpha value is -3.71. The first-order valence-corrected chi connectivity index (χ1v) is 9.16. The maximum Gasteiger partial charge on any atom is 0.271 e. The Labute approximate surface area is 172 Å². The third-order valence-electron chi connectivity index (χ3n) is 4.37. The Morgan fingerprint density at radius 3 is 2.57 bits per heavy atom. The van der Waals surface area contributed by atoms with Gasteiger partial charge in [0.25, 0.3) is 11.2 Å². The van der Waals surface area contributed by atoms with Crippen LogP contribution in [-0.2, 0) is 11.3 Å². The first-order chi connectivity index (χ1) is 14.3. The molecule has 0 saturated carbocycles. The normalized spacial score (nSPS) is 10.4. The number of benzene rings is 1. The van der Waals surface area contributed by atoms with Gasteiger partial charge in [0.1, 0.15) is 17.4 Å². The first kappa shape index (κ1) is 22.6. The molecule has 0 aliphatic heterocycles. The molecule has 2 aromatic rings. The number of non-ortho nitro benzene ring substituents is 1. The van der Waals surface area contributed by atoms with Crippen LogP contribution < -0.4 is 10.3 Å². The Bertz CT molecular complexity index is 1040. The van der Waals surface area contributed by atoms with E-state index in [9.17, 15) is 30.1 Å². The number of aromatic hydroxyl groups is 1. The molecular formula is C20H21N3O7. The molecule has 0 amide bonds. The van der Waals surface area contributed by atoms with Crippen LogP contribution >= 0.6 is 0 Å². The molecule has 0 radical (unpaired) electrons. The topological polar surface area (TPSA) is 145 Å². The zero-order valence-electron chi connectivity index (χ0n) is 16.6. The lowest BCUT2D eigenvalue weighted by atomic mass is 10.0. The van der Waals surface area contributed by atoms with Crippen molar-refractivity contribution >= 4 is 11.5 Å². The zero-order valence-corrected chi connectivity index (χ0v) is 16.6. The van der Waals surface area contributed by atoms with Gasteiger partial charge in [-0.3, -0.25) is 24.3 Å². The second-order valence-corrected chi connectivity index (χ2v) is 6.28. The maximum atomic E-state index is 12.7. The molecule has 0 bridgehead atoms. The van der Waals surface area contributed by atoms with Gasteiger partial charge in [0.15, 0.2) is 6.61 Å². The maximum absolute atomic E-state index is 12.7. The van der Waals surface area contributed by atoms with Crippen LogP contribution in [0.2, 0.25) is 0 Å². The van der Waals surface area contributed by atoms with E-state index in [0.29, 0.717) is 19.6 Å². The monoisotopic (exact) mass is 415 g/mol. The van der Waals surface area contributed by atoms with Gasteiger partial charge in [-0.2, -0.15) is 5.26 Å². The SMILES string of the molecule is CCOCCCn1c(O)c(C(=O)COc2ccc([N+](=O)[O-])cc2)c(C)c(C#N)c1=O. The number of nitrogens with zero attached hydrogens (tertiary/aromatic N) is 3. The third kappa shape index (κ3) is 5.01. The summed E-state index contributed by atoms with van der Waals surface area (Å²) in [7, 11) is 0. The van der Waals surface area contributed by atoms with Crippen molar-refractivity contribution in [2.24, 2.45) is 0 Å². The number of nitro benzene ring substituents is 1. The second-order valence-electron chi connectivity index (χ2n) is 6.28. The quantitative estimate of drug-likeness (QED) is 0.269. The summed E-state index contributed by atoms with van der Waals surface area (Å²) in [6.45, 7) is 3.66. The third-order valence-corrected chi connectivity index (χ3v) is 4.37. The molecule has 0 saturated heterocycles. The van der Waals surface area contributed by atoms with Crippen LogP contribution in [0.4, 0.5) is 5.69 Å². The summed E-state index contributed by atoms with van der Waals surface area (Å²) in [5.74, 6) is -0.958. The molecule has 1 aromatic heterocycles. The molecule has 0 aliphatic rings. The molecule has 1 N–H and O–H groups in total. The summed E-state index contributed by atoms with van der Waals surface area (Å²) in [6.07, 6.45) is 0.405. The van der Waals surface area contributed by atoms with Gasteiger partial charge in [-0.25, -0.2) is 0 Å². The Balaban J connectivity index is 2.27. The molecule has 0 unspecified atom stereocenters. The van der Waals surface area contributed by atoms with Crippen molar-refractivity contribution in [3.05, 3.63) is 61.4 Å². The lowest BCUT2D eigenvalue weighted by Gasteiger charge is -2.15. The molecule has 10 heteroatoms. The standard InChI is InChI=1S/C20H21N3O7/c1-3-29-10-4-9-22-19(25)16(11-21)13(2)18(20(22)26)17(24)12-30-15-7-5-14(6-8-15)23(27)28/h5-8,26H,3-4,9-10,12H2,1-2H3. The highest BCUT2D eigenvalue weighted by Crippen LogP contribution is 2.23. The molecule has 1 heterocycles. The number of carbonyl (C=O) groups excluding carboxylic acids is 1. The van der Waals surface area contributed by atoms with Gasteiger partial charge in [0.2, 0.25) is 11.7 Å². The van der Waals surface area contributed by atoms with E-state index in [4.69, 9.17) is 9.47 Å². The van der Waals surface area contributed by atoms with Gasteiger partial charge in [-0.05, 0) is 38.0 Å². The zero-order chi connectivity index (χ0) is 22.3. The van der Waals surface area contributed by atoms with Crippen LogP contribution in [0.5, 0.6) is 11.6 Å². The lowest BCUT2D eigenvalue weighted by Crippen LogP contribution is -2.28. The minimum atomic E-state index is -0.683. The van der Waals surface area contributed by atoms with E-state index in [1.165, 1.54) is 31.2 Å². The number of aromatic nitrogens is 1. The average molecular weight is 415 g/mol. The number of nitriles is 1. The summed E-state index contributed by atoms with van der Waals surface area (Å²) in [5, 5.41) is 30.6. The van der Waals surface area contributed by atoms with Gasteiger partial charge in [0.05, 0.1) is 10.5 Å². The highest BCUT2D eigenvalue weighted by Gasteiger charge is 2.24. The fourth-order valence-electron chi connectivity index (χ4n) is 2.85. The van der Waals surface area contributed by atoms with E-state index in [1.54, 1.807) is 6.07 Å². The van der Waals surface area contributed by atoms with Crippen LogP contribution in [0, 0.1) is 28.4 Å². The Kier molecular flexibility index (Phi) is 7.66. The minimum Gasteiger partial charge on any atom is -0.494 e. The molecular weight excluding hydrogens is 394 g/mol. The predicted molar refractivity (Wildman–Crippen MR) is 106 cm³/mol. The van der Waals surface area contributed by atoms with E-state index >= 15 is 0 Å². The summed E-state index contributed by atoms with van der Waals surface area (Å²) in [4.78, 5) is 35.3. The number of hydrogen-bond acceptors (Lipinski definition) is 8. The number of ketones is 1. The lowest BCUT2D eigenvalue weighted by molar-refractivity contribution is -0.384. The van der Waals surface area contributed by atoms with Crippen molar-refractivity contribution in [2.75, 3.05) is 19.8 Å². The first-order valence-electron chi connectivity index (χ1n) is 9.16. The van der Waals surface area contributed by atoms with Crippen molar-refractivity contribution in [3.8, 4) is 17.7 Å². The van der Waals surface area contributed by atoms with Gasteiger partial charge in [-0.15, -0.1) is 0 Å². The number of rotatable bonds is 10. The molecule has 2 rings (SSSR count). The molecule has 1 aromatic carbocycles. The fourth-order valence-corrected chi connectivity index (χ4v) is 2.85. The molecule has 10 nitrogen and oxygen atoms in total. The molecule has 0 fully saturated rings. The number of carbonyl (C=O) groups is 1. The smallest absolute Gasteiger partial charge is 0.271 e. The summed E-state index contributed by atoms with van der Waals surface area (Å²) < 4.78 is 11.5. The van der Waals surface area contributed by atoms with E-state index in [2.05, 4.69) is 0 Å². The van der Waals surface area contributed by atoms with E-state index in [1.807, 2.05) is 6.92 Å². The van der Waals surface area contributed by atoms with Crippen LogP contribution in [0.15, 0.2) is 29.1 Å². The van der Waals surface area contributed by atoms with Crippen molar-refractivity contribution in [3.63, 3.8) is 0 Å². The largest absolute Gasteiger partial charge is 0.494 e. The summed E-state index contributed by atoms with van der Waals surface area (Å²) in [5.41, 5.74) is -1.15. The molecule has 0 atom stereocenters. The highest BCUT2D eigenvalue weighted by molar-refractivity contribution is 6.01. The van der Waals surface area contributed by atoms with Crippen molar-refractivity contribution in [1.82, 2.24) is 4.57 Å². The average Bonchev–Trinajstić information content (AvgIpc) is 2.72.